The van der Waals surface area contributed by atoms with Gasteiger partial charge in [-0.15, -0.1) is 0 Å². The Hall–Kier alpha value is -2.86. The number of carbonyl (C=O) groups excluding carboxylic acids is 1. The molecule has 24 heavy (non-hydrogen) atoms. The molecule has 0 saturated carbocycles. The molecule has 0 bridgehead atoms. The van der Waals surface area contributed by atoms with Crippen molar-refractivity contribution in [2.75, 3.05) is 7.11 Å². The number of hydrogen-bond acceptors (Lipinski definition) is 4. The normalized spacial score (nSPS) is 10.8. The number of hydrogen-bond donors (Lipinski definition) is 1. The molecule has 0 amide bonds. The molecule has 0 saturated heterocycles. The van der Waals surface area contributed by atoms with E-state index in [2.05, 4.69) is 4.98 Å². The molecular weight excluding hydrogens is 332 g/mol. The van der Waals surface area contributed by atoms with Gasteiger partial charge in [-0.2, -0.15) is 0 Å². The van der Waals surface area contributed by atoms with Gasteiger partial charge < -0.3 is 4.74 Å². The van der Waals surface area contributed by atoms with E-state index in [-0.39, 0.29) is 6.54 Å². The van der Waals surface area contributed by atoms with E-state index in [1.807, 2.05) is 0 Å². The van der Waals surface area contributed by atoms with Crippen LogP contribution >= 0.6 is 11.6 Å². The predicted molar refractivity (Wildman–Crippen MR) is 90.7 cm³/mol. The van der Waals surface area contributed by atoms with Crippen LogP contribution in [-0.2, 0) is 11.3 Å². The lowest BCUT2D eigenvalue weighted by atomic mass is 10.1. The topological polar surface area (TPSA) is 81.2 Å². The largest absolute Gasteiger partial charge is 0.465 e. The van der Waals surface area contributed by atoms with Crippen molar-refractivity contribution >= 4 is 28.5 Å². The number of benzene rings is 2. The van der Waals surface area contributed by atoms with Crippen molar-refractivity contribution in [2.24, 2.45) is 0 Å². The molecule has 0 aliphatic carbocycles. The lowest BCUT2D eigenvalue weighted by Crippen LogP contribution is -2.30. The van der Waals surface area contributed by atoms with Crippen molar-refractivity contribution in [3.63, 3.8) is 0 Å². The van der Waals surface area contributed by atoms with Gasteiger partial charge in [0.2, 0.25) is 0 Å². The number of rotatable bonds is 3. The number of carbonyl (C=O) groups is 1. The highest BCUT2D eigenvalue weighted by Crippen LogP contribution is 2.20. The van der Waals surface area contributed by atoms with Crippen molar-refractivity contribution in [3.05, 3.63) is 79.5 Å². The lowest BCUT2D eigenvalue weighted by Gasteiger charge is -2.11. The molecule has 1 N–H and O–H groups in total. The zero-order valence-corrected chi connectivity index (χ0v) is 13.5. The van der Waals surface area contributed by atoms with E-state index in [0.717, 1.165) is 0 Å². The van der Waals surface area contributed by atoms with Crippen LogP contribution < -0.4 is 11.2 Å². The first-order valence-electron chi connectivity index (χ1n) is 7.10. The fourth-order valence-electron chi connectivity index (χ4n) is 2.55. The minimum atomic E-state index is -0.566. The molecule has 3 aromatic rings. The first-order valence-corrected chi connectivity index (χ1v) is 7.47. The van der Waals surface area contributed by atoms with E-state index in [4.69, 9.17) is 16.3 Å². The van der Waals surface area contributed by atoms with Crippen molar-refractivity contribution in [2.45, 2.75) is 6.54 Å². The van der Waals surface area contributed by atoms with Gasteiger partial charge in [0.15, 0.2) is 0 Å². The Balaban J connectivity index is 2.16. The molecule has 1 heterocycles. The Labute approximate surface area is 141 Å². The fraction of sp³-hybridized carbons (Fsp3) is 0.118. The second kappa shape index (κ2) is 6.33. The summed E-state index contributed by atoms with van der Waals surface area (Å²) in [5, 5.41) is 0.631. The third-order valence-electron chi connectivity index (χ3n) is 3.66. The molecule has 0 spiro atoms. The summed E-state index contributed by atoms with van der Waals surface area (Å²) in [7, 11) is 1.30. The van der Waals surface area contributed by atoms with Crippen LogP contribution in [0.2, 0.25) is 5.02 Å². The third-order valence-corrected chi connectivity index (χ3v) is 3.96. The molecule has 0 radical (unpaired) electrons. The van der Waals surface area contributed by atoms with Crippen LogP contribution in [0.3, 0.4) is 0 Å². The van der Waals surface area contributed by atoms with Gasteiger partial charge in [-0.1, -0.05) is 29.8 Å². The Morgan fingerprint density at radius 3 is 2.71 bits per heavy atom. The number of nitrogens with one attached hydrogen (secondary N) is 1. The van der Waals surface area contributed by atoms with E-state index in [1.165, 1.54) is 11.7 Å². The molecule has 6 nitrogen and oxygen atoms in total. The summed E-state index contributed by atoms with van der Waals surface area (Å²) in [6, 6.07) is 11.6. The number of para-hydroxylation sites is 1. The highest BCUT2D eigenvalue weighted by Gasteiger charge is 2.12. The monoisotopic (exact) mass is 344 g/mol. The Bertz CT molecular complexity index is 1050. The number of H-pyrrole nitrogens is 1. The lowest BCUT2D eigenvalue weighted by molar-refractivity contribution is 0.0600. The minimum absolute atomic E-state index is 0.153. The molecule has 1 aromatic heterocycles. The molecule has 0 unspecified atom stereocenters. The molecule has 0 aliphatic heterocycles. The van der Waals surface area contributed by atoms with Crippen LogP contribution in [0.15, 0.2) is 52.1 Å². The molecule has 122 valence electrons. The summed E-state index contributed by atoms with van der Waals surface area (Å²) in [6.07, 6.45) is 0. The van der Waals surface area contributed by atoms with Crippen LogP contribution in [0, 0.1) is 0 Å². The van der Waals surface area contributed by atoms with Gasteiger partial charge in [0, 0.05) is 0 Å². The maximum absolute atomic E-state index is 12.2. The predicted octanol–water partition coefficient (Wildman–Crippen LogP) is 2.18. The van der Waals surface area contributed by atoms with E-state index < -0.39 is 17.2 Å². The number of halogens is 1. The quantitative estimate of drug-likeness (QED) is 0.738. The van der Waals surface area contributed by atoms with Crippen molar-refractivity contribution in [3.8, 4) is 0 Å². The van der Waals surface area contributed by atoms with Crippen LogP contribution in [-0.4, -0.2) is 22.6 Å². The Morgan fingerprint density at radius 2 is 1.96 bits per heavy atom. The molecule has 0 fully saturated rings. The number of esters is 1. The van der Waals surface area contributed by atoms with Gasteiger partial charge in [0.1, 0.15) is 0 Å². The maximum atomic E-state index is 12.2. The smallest absolute Gasteiger partial charge is 0.337 e. The molecule has 0 aliphatic rings. The Kier molecular flexibility index (Phi) is 4.22. The average molecular weight is 345 g/mol. The van der Waals surface area contributed by atoms with E-state index >= 15 is 0 Å². The fourth-order valence-corrected chi connectivity index (χ4v) is 2.83. The standard InChI is InChI=1S/C17H13ClN2O4/c1-24-16(22)11-5-2-4-10(8-11)9-20-14-12(6-3-7-13(14)18)15(21)19-17(20)23/h2-8H,9H2,1H3,(H,19,21,23). The van der Waals surface area contributed by atoms with E-state index in [9.17, 15) is 14.4 Å². The number of fused-ring (bicyclic) bond motifs is 1. The second-order valence-electron chi connectivity index (χ2n) is 5.17. The maximum Gasteiger partial charge on any atom is 0.337 e. The second-order valence-corrected chi connectivity index (χ2v) is 5.58. The van der Waals surface area contributed by atoms with Gasteiger partial charge in [-0.25, -0.2) is 9.59 Å². The summed E-state index contributed by atoms with van der Waals surface area (Å²) in [5.41, 5.74) is 0.383. The summed E-state index contributed by atoms with van der Waals surface area (Å²) in [6.45, 7) is 0.153. The molecule has 0 atom stereocenters. The van der Waals surface area contributed by atoms with Crippen molar-refractivity contribution < 1.29 is 9.53 Å². The zero-order chi connectivity index (χ0) is 17.3. The van der Waals surface area contributed by atoms with Crippen LogP contribution in [0.25, 0.3) is 10.9 Å². The zero-order valence-electron chi connectivity index (χ0n) is 12.7. The van der Waals surface area contributed by atoms with E-state index in [0.29, 0.717) is 27.1 Å². The van der Waals surface area contributed by atoms with Crippen LogP contribution in [0.4, 0.5) is 0 Å². The summed E-state index contributed by atoms with van der Waals surface area (Å²) < 4.78 is 6.06. The summed E-state index contributed by atoms with van der Waals surface area (Å²) in [4.78, 5) is 38.1. The number of nitrogens with zero attached hydrogens (tertiary/aromatic N) is 1. The highest BCUT2D eigenvalue weighted by atomic mass is 35.5. The van der Waals surface area contributed by atoms with Crippen molar-refractivity contribution in [1.29, 1.82) is 0 Å². The Morgan fingerprint density at radius 1 is 1.21 bits per heavy atom. The first kappa shape index (κ1) is 16.0. The SMILES string of the molecule is COC(=O)c1cccc(Cn2c(=O)[nH]c(=O)c3cccc(Cl)c32)c1. The van der Waals surface area contributed by atoms with Gasteiger partial charge in [0.05, 0.1) is 35.1 Å². The van der Waals surface area contributed by atoms with Gasteiger partial charge >= 0.3 is 11.7 Å². The number of ether oxygens (including phenoxy) is 1. The van der Waals surface area contributed by atoms with Gasteiger partial charge in [0.25, 0.3) is 5.56 Å². The molecular formula is C17H13ClN2O4. The molecule has 7 heteroatoms. The van der Waals surface area contributed by atoms with Crippen LogP contribution in [0.1, 0.15) is 15.9 Å². The minimum Gasteiger partial charge on any atom is -0.465 e. The molecule has 3 rings (SSSR count). The molecule has 2 aromatic carbocycles. The highest BCUT2D eigenvalue weighted by molar-refractivity contribution is 6.35. The summed E-state index contributed by atoms with van der Waals surface area (Å²) in [5.74, 6) is -0.464. The summed E-state index contributed by atoms with van der Waals surface area (Å²) >= 11 is 6.19. The number of aromatic amines is 1. The van der Waals surface area contributed by atoms with Gasteiger partial charge in [-0.05, 0) is 29.8 Å². The first-order chi connectivity index (χ1) is 11.5. The average Bonchev–Trinajstić information content (AvgIpc) is 2.58. The van der Waals surface area contributed by atoms with Gasteiger partial charge in [-0.3, -0.25) is 14.3 Å². The van der Waals surface area contributed by atoms with E-state index in [1.54, 1.807) is 42.5 Å². The number of methoxy groups -OCH3 is 1. The number of aromatic nitrogens is 2. The van der Waals surface area contributed by atoms with Crippen molar-refractivity contribution in [1.82, 2.24) is 9.55 Å². The third kappa shape index (κ3) is 2.83. The van der Waals surface area contributed by atoms with Crippen LogP contribution in [0.5, 0.6) is 0 Å².